The summed E-state index contributed by atoms with van der Waals surface area (Å²) in [7, 11) is 0. The number of ether oxygens (including phenoxy) is 1. The lowest BCUT2D eigenvalue weighted by molar-refractivity contribution is -0.119. The lowest BCUT2D eigenvalue weighted by Crippen LogP contribution is -2.38. The van der Waals surface area contributed by atoms with Crippen LogP contribution in [0.2, 0.25) is 0 Å². The van der Waals surface area contributed by atoms with Gasteiger partial charge in [0.1, 0.15) is 0 Å². The maximum atomic E-state index is 12.5. The first-order valence-electron chi connectivity index (χ1n) is 9.72. The number of benzene rings is 1. The van der Waals surface area contributed by atoms with E-state index in [4.69, 9.17) is 4.74 Å². The van der Waals surface area contributed by atoms with E-state index in [-0.39, 0.29) is 17.7 Å². The van der Waals surface area contributed by atoms with Crippen LogP contribution in [0.15, 0.2) is 24.3 Å². The number of hydrogen-bond donors (Lipinski definition) is 2. The predicted molar refractivity (Wildman–Crippen MR) is 101 cm³/mol. The normalized spacial score (nSPS) is 18.6. The lowest BCUT2D eigenvalue weighted by atomic mass is 10.1. The molecule has 1 saturated carbocycles. The van der Waals surface area contributed by atoms with E-state index in [1.165, 1.54) is 0 Å². The lowest BCUT2D eigenvalue weighted by Gasteiger charge is -2.26. The predicted octanol–water partition coefficient (Wildman–Crippen LogP) is 2.27. The van der Waals surface area contributed by atoms with Gasteiger partial charge < -0.3 is 15.4 Å². The average Bonchev–Trinajstić information content (AvgIpc) is 3.21. The molecule has 0 spiro atoms. The monoisotopic (exact) mass is 359 g/mol. The average molecular weight is 359 g/mol. The Hall–Kier alpha value is -1.92. The van der Waals surface area contributed by atoms with Crippen LogP contribution in [0.5, 0.6) is 0 Å². The highest BCUT2D eigenvalue weighted by molar-refractivity contribution is 6.04. The second-order valence-corrected chi connectivity index (χ2v) is 7.08. The summed E-state index contributed by atoms with van der Waals surface area (Å²) in [6.07, 6.45) is 5.03. The summed E-state index contributed by atoms with van der Waals surface area (Å²) in [6, 6.07) is 7.24. The Morgan fingerprint density at radius 2 is 1.85 bits per heavy atom. The number of carbonyl (C=O) groups excluding carboxylic acids is 2. The molecule has 2 fully saturated rings. The molecule has 3 rings (SSSR count). The van der Waals surface area contributed by atoms with E-state index < -0.39 is 0 Å². The molecule has 142 valence electrons. The van der Waals surface area contributed by atoms with Gasteiger partial charge in [0.25, 0.3) is 5.91 Å². The summed E-state index contributed by atoms with van der Waals surface area (Å²) in [6.45, 7) is 5.10. The zero-order chi connectivity index (χ0) is 18.2. The molecule has 1 aliphatic carbocycles. The molecule has 0 aromatic heterocycles. The summed E-state index contributed by atoms with van der Waals surface area (Å²) >= 11 is 0. The molecule has 0 radical (unpaired) electrons. The Balaban J connectivity index is 1.48. The second-order valence-electron chi connectivity index (χ2n) is 7.08. The van der Waals surface area contributed by atoms with Crippen LogP contribution in [0, 0.1) is 5.92 Å². The topological polar surface area (TPSA) is 70.7 Å². The molecule has 0 unspecified atom stereocenters. The number of nitrogens with one attached hydrogen (secondary N) is 2. The fraction of sp³-hybridized carbons (Fsp3) is 0.600. The van der Waals surface area contributed by atoms with Crippen molar-refractivity contribution in [1.29, 1.82) is 0 Å². The van der Waals surface area contributed by atoms with Gasteiger partial charge in [-0.3, -0.25) is 14.5 Å². The molecule has 6 nitrogen and oxygen atoms in total. The van der Waals surface area contributed by atoms with Crippen molar-refractivity contribution in [2.24, 2.45) is 5.92 Å². The molecule has 1 aromatic rings. The summed E-state index contributed by atoms with van der Waals surface area (Å²) in [5.41, 5.74) is 1.14. The number of carbonyl (C=O) groups is 2. The summed E-state index contributed by atoms with van der Waals surface area (Å²) < 4.78 is 5.34. The Bertz CT molecular complexity index is 608. The van der Waals surface area contributed by atoms with Gasteiger partial charge in [0, 0.05) is 25.6 Å². The van der Waals surface area contributed by atoms with E-state index in [9.17, 15) is 9.59 Å². The van der Waals surface area contributed by atoms with Crippen LogP contribution in [-0.2, 0) is 9.53 Å². The first-order valence-corrected chi connectivity index (χ1v) is 9.72. The van der Waals surface area contributed by atoms with Crippen molar-refractivity contribution in [3.63, 3.8) is 0 Å². The SMILES string of the molecule is O=C(NCCCN1CCOCC1)c1ccccc1NC(=O)C1CCCC1. The van der Waals surface area contributed by atoms with Gasteiger partial charge in [-0.1, -0.05) is 25.0 Å². The number of nitrogens with zero attached hydrogens (tertiary/aromatic N) is 1. The molecular weight excluding hydrogens is 330 g/mol. The number of para-hydroxylation sites is 1. The van der Waals surface area contributed by atoms with Crippen molar-refractivity contribution < 1.29 is 14.3 Å². The third-order valence-electron chi connectivity index (χ3n) is 5.20. The van der Waals surface area contributed by atoms with Gasteiger partial charge in [0.2, 0.25) is 5.91 Å². The van der Waals surface area contributed by atoms with Gasteiger partial charge in [-0.05, 0) is 37.9 Å². The van der Waals surface area contributed by atoms with E-state index in [0.717, 1.165) is 65.0 Å². The van der Waals surface area contributed by atoms with Crippen LogP contribution in [0.1, 0.15) is 42.5 Å². The van der Waals surface area contributed by atoms with Crippen LogP contribution in [0.4, 0.5) is 5.69 Å². The van der Waals surface area contributed by atoms with Gasteiger partial charge in [-0.25, -0.2) is 0 Å². The van der Waals surface area contributed by atoms with Gasteiger partial charge in [-0.15, -0.1) is 0 Å². The third kappa shape index (κ3) is 5.29. The fourth-order valence-electron chi connectivity index (χ4n) is 3.64. The number of hydrogen-bond acceptors (Lipinski definition) is 4. The first-order chi connectivity index (χ1) is 12.7. The molecule has 2 N–H and O–H groups in total. The number of rotatable bonds is 7. The van der Waals surface area contributed by atoms with Crippen LogP contribution >= 0.6 is 0 Å². The highest BCUT2D eigenvalue weighted by atomic mass is 16.5. The molecule has 0 atom stereocenters. The van der Waals surface area contributed by atoms with Gasteiger partial charge in [0.05, 0.1) is 24.5 Å². The molecule has 1 aliphatic heterocycles. The summed E-state index contributed by atoms with van der Waals surface area (Å²) in [5, 5.41) is 5.93. The molecule has 6 heteroatoms. The minimum atomic E-state index is -0.130. The van der Waals surface area contributed by atoms with Crippen molar-refractivity contribution in [2.75, 3.05) is 44.7 Å². The van der Waals surface area contributed by atoms with E-state index >= 15 is 0 Å². The van der Waals surface area contributed by atoms with Gasteiger partial charge in [0.15, 0.2) is 0 Å². The quantitative estimate of drug-likeness (QED) is 0.733. The highest BCUT2D eigenvalue weighted by Gasteiger charge is 2.23. The fourth-order valence-corrected chi connectivity index (χ4v) is 3.64. The van der Waals surface area contributed by atoms with Crippen LogP contribution in [0.25, 0.3) is 0 Å². The summed E-state index contributed by atoms with van der Waals surface area (Å²) in [5.74, 6) is -0.0102. The van der Waals surface area contributed by atoms with Crippen molar-refractivity contribution in [3.05, 3.63) is 29.8 Å². The van der Waals surface area contributed by atoms with E-state index in [1.54, 1.807) is 12.1 Å². The maximum Gasteiger partial charge on any atom is 0.253 e. The molecule has 2 amide bonds. The Kier molecular flexibility index (Phi) is 7.03. The van der Waals surface area contributed by atoms with Crippen LogP contribution in [-0.4, -0.2) is 56.1 Å². The Morgan fingerprint density at radius 3 is 2.62 bits per heavy atom. The highest BCUT2D eigenvalue weighted by Crippen LogP contribution is 2.26. The Morgan fingerprint density at radius 1 is 1.12 bits per heavy atom. The molecule has 2 aliphatic rings. The zero-order valence-electron chi connectivity index (χ0n) is 15.3. The molecule has 1 aromatic carbocycles. The van der Waals surface area contributed by atoms with Gasteiger partial charge in [-0.2, -0.15) is 0 Å². The van der Waals surface area contributed by atoms with Crippen molar-refractivity contribution >= 4 is 17.5 Å². The number of amides is 2. The number of anilines is 1. The first kappa shape index (κ1) is 18.9. The van der Waals surface area contributed by atoms with E-state index in [0.29, 0.717) is 17.8 Å². The van der Waals surface area contributed by atoms with Crippen LogP contribution in [0.3, 0.4) is 0 Å². The van der Waals surface area contributed by atoms with Crippen molar-refractivity contribution in [3.8, 4) is 0 Å². The molecule has 1 heterocycles. The molecule has 0 bridgehead atoms. The minimum absolute atomic E-state index is 0.0371. The Labute approximate surface area is 155 Å². The third-order valence-corrected chi connectivity index (χ3v) is 5.20. The molecule has 1 saturated heterocycles. The van der Waals surface area contributed by atoms with Crippen LogP contribution < -0.4 is 10.6 Å². The largest absolute Gasteiger partial charge is 0.379 e. The smallest absolute Gasteiger partial charge is 0.253 e. The molecular formula is C20H29N3O3. The van der Waals surface area contributed by atoms with Crippen molar-refractivity contribution in [1.82, 2.24) is 10.2 Å². The van der Waals surface area contributed by atoms with Gasteiger partial charge >= 0.3 is 0 Å². The zero-order valence-corrected chi connectivity index (χ0v) is 15.3. The van der Waals surface area contributed by atoms with Crippen molar-refractivity contribution in [2.45, 2.75) is 32.1 Å². The van der Waals surface area contributed by atoms with E-state index in [1.807, 2.05) is 12.1 Å². The number of morpholine rings is 1. The van der Waals surface area contributed by atoms with E-state index in [2.05, 4.69) is 15.5 Å². The summed E-state index contributed by atoms with van der Waals surface area (Å²) in [4.78, 5) is 27.2. The standard InChI is InChI=1S/C20H29N3O3/c24-19(16-6-1-2-7-16)22-18-9-4-3-8-17(18)20(25)21-10-5-11-23-12-14-26-15-13-23/h3-4,8-9,16H,1-2,5-7,10-15H2,(H,21,25)(H,22,24). The second kappa shape index (κ2) is 9.69. The minimum Gasteiger partial charge on any atom is -0.379 e. The molecule has 26 heavy (non-hydrogen) atoms. The maximum absolute atomic E-state index is 12.5.